The van der Waals surface area contributed by atoms with Crippen LogP contribution in [0.4, 0.5) is 0 Å². The van der Waals surface area contributed by atoms with Gasteiger partial charge in [0.25, 0.3) is 0 Å². The summed E-state index contributed by atoms with van der Waals surface area (Å²) in [5.74, 6) is 0. The van der Waals surface area contributed by atoms with Crippen LogP contribution in [0.15, 0.2) is 0 Å². The van der Waals surface area contributed by atoms with Crippen molar-refractivity contribution in [3.05, 3.63) is 0 Å². The fourth-order valence-corrected chi connectivity index (χ4v) is 2.93. The average Bonchev–Trinajstić information content (AvgIpc) is 2.15. The monoisotopic (exact) mass is 204 g/mol. The van der Waals surface area contributed by atoms with Gasteiger partial charge >= 0.3 is 9.53 Å². The third-order valence-electron chi connectivity index (χ3n) is 2.68. The molecule has 0 unspecified atom stereocenters. The third-order valence-corrected chi connectivity index (χ3v) is 4.21. The van der Waals surface area contributed by atoms with Crippen molar-refractivity contribution in [2.24, 2.45) is 0 Å². The van der Waals surface area contributed by atoms with E-state index >= 15 is 0 Å². The van der Waals surface area contributed by atoms with Crippen molar-refractivity contribution in [2.75, 3.05) is 14.2 Å². The van der Waals surface area contributed by atoms with Crippen molar-refractivity contribution in [2.45, 2.75) is 44.6 Å². The second-order valence-electron chi connectivity index (χ2n) is 3.89. The van der Waals surface area contributed by atoms with Crippen molar-refractivity contribution < 1.29 is 13.3 Å². The van der Waals surface area contributed by atoms with Gasteiger partial charge in [0.05, 0.1) is 5.60 Å². The lowest BCUT2D eigenvalue weighted by Gasteiger charge is -2.35. The van der Waals surface area contributed by atoms with Crippen molar-refractivity contribution >= 4 is 9.53 Å². The first-order valence-corrected chi connectivity index (χ1v) is 6.35. The summed E-state index contributed by atoms with van der Waals surface area (Å²) < 4.78 is 16.2. The molecule has 1 aliphatic rings. The molecule has 13 heavy (non-hydrogen) atoms. The summed E-state index contributed by atoms with van der Waals surface area (Å²) in [7, 11) is 1.49. The summed E-state index contributed by atoms with van der Waals surface area (Å²) >= 11 is 0. The van der Waals surface area contributed by atoms with Gasteiger partial charge in [-0.05, 0) is 19.8 Å². The highest BCUT2D eigenvalue weighted by molar-refractivity contribution is 6.36. The van der Waals surface area contributed by atoms with Gasteiger partial charge in [-0.2, -0.15) is 0 Å². The first kappa shape index (κ1) is 11.2. The summed E-state index contributed by atoms with van der Waals surface area (Å²) in [4.78, 5) is 0. The second kappa shape index (κ2) is 5.10. The fraction of sp³-hybridized carbons (Fsp3) is 1.00. The molecule has 0 spiro atoms. The first-order valence-electron chi connectivity index (χ1n) is 4.93. The Hall–Kier alpha value is 0.0969. The van der Waals surface area contributed by atoms with E-state index in [-0.39, 0.29) is 5.60 Å². The van der Waals surface area contributed by atoms with E-state index in [4.69, 9.17) is 13.3 Å². The third kappa shape index (κ3) is 3.38. The lowest BCUT2D eigenvalue weighted by atomic mass is 9.87. The highest BCUT2D eigenvalue weighted by Gasteiger charge is 2.31. The zero-order valence-electron chi connectivity index (χ0n) is 8.84. The van der Waals surface area contributed by atoms with E-state index in [1.54, 1.807) is 14.2 Å². The predicted octanol–water partition coefficient (Wildman–Crippen LogP) is 1.74. The molecular formula is C9H20O3Si. The van der Waals surface area contributed by atoms with E-state index in [1.165, 1.54) is 19.3 Å². The molecule has 0 bridgehead atoms. The molecular weight excluding hydrogens is 184 g/mol. The maximum Gasteiger partial charge on any atom is 0.484 e. The van der Waals surface area contributed by atoms with Gasteiger partial charge in [-0.3, -0.25) is 0 Å². The zero-order valence-corrected chi connectivity index (χ0v) is 9.99. The van der Waals surface area contributed by atoms with E-state index in [2.05, 4.69) is 6.92 Å². The SMILES string of the molecule is CO[SiH](OC)OC1(C)CCCCC1. The summed E-state index contributed by atoms with van der Waals surface area (Å²) in [6.07, 6.45) is 6.16. The summed E-state index contributed by atoms with van der Waals surface area (Å²) in [6.45, 7) is 2.17. The van der Waals surface area contributed by atoms with Gasteiger partial charge in [0.2, 0.25) is 0 Å². The molecule has 78 valence electrons. The van der Waals surface area contributed by atoms with Gasteiger partial charge in [0.15, 0.2) is 0 Å². The number of hydrogen-bond donors (Lipinski definition) is 0. The van der Waals surface area contributed by atoms with Crippen LogP contribution in [0.1, 0.15) is 39.0 Å². The highest BCUT2D eigenvalue weighted by Crippen LogP contribution is 2.31. The van der Waals surface area contributed by atoms with Crippen LogP contribution in [-0.4, -0.2) is 29.3 Å². The molecule has 1 aliphatic carbocycles. The smallest absolute Gasteiger partial charge is 0.379 e. The van der Waals surface area contributed by atoms with Crippen LogP contribution < -0.4 is 0 Å². The quantitative estimate of drug-likeness (QED) is 0.653. The Morgan fingerprint density at radius 3 is 2.00 bits per heavy atom. The van der Waals surface area contributed by atoms with Crippen molar-refractivity contribution in [1.29, 1.82) is 0 Å². The standard InChI is InChI=1S/C9H20O3Si/c1-9(7-5-4-6-8-9)12-13(10-2)11-3/h13H,4-8H2,1-3H3. The topological polar surface area (TPSA) is 27.7 Å². The molecule has 1 rings (SSSR count). The summed E-state index contributed by atoms with van der Waals surface area (Å²) in [5, 5.41) is 0. The molecule has 3 nitrogen and oxygen atoms in total. The van der Waals surface area contributed by atoms with Gasteiger partial charge in [0, 0.05) is 14.2 Å². The minimum Gasteiger partial charge on any atom is -0.379 e. The van der Waals surface area contributed by atoms with E-state index in [1.807, 2.05) is 0 Å². The van der Waals surface area contributed by atoms with Crippen molar-refractivity contribution in [3.63, 3.8) is 0 Å². The molecule has 0 radical (unpaired) electrons. The van der Waals surface area contributed by atoms with Gasteiger partial charge in [-0.1, -0.05) is 19.3 Å². The highest BCUT2D eigenvalue weighted by atomic mass is 28.3. The molecule has 0 atom stereocenters. The second-order valence-corrected chi connectivity index (χ2v) is 5.64. The Bertz CT molecular complexity index is 142. The molecule has 0 aromatic carbocycles. The molecule has 0 heterocycles. The van der Waals surface area contributed by atoms with E-state index in [9.17, 15) is 0 Å². The Morgan fingerprint density at radius 2 is 1.54 bits per heavy atom. The van der Waals surface area contributed by atoms with Gasteiger partial charge < -0.3 is 13.3 Å². The van der Waals surface area contributed by atoms with Crippen LogP contribution in [0.2, 0.25) is 0 Å². The van der Waals surface area contributed by atoms with Gasteiger partial charge in [0.1, 0.15) is 0 Å². The Labute approximate surface area is 82.3 Å². The van der Waals surface area contributed by atoms with Crippen molar-refractivity contribution in [3.8, 4) is 0 Å². The average molecular weight is 204 g/mol. The molecule has 0 amide bonds. The maximum absolute atomic E-state index is 5.87. The van der Waals surface area contributed by atoms with Crippen LogP contribution in [0.5, 0.6) is 0 Å². The molecule has 4 heteroatoms. The van der Waals surface area contributed by atoms with Crippen molar-refractivity contribution in [1.82, 2.24) is 0 Å². The lowest BCUT2D eigenvalue weighted by Crippen LogP contribution is -2.40. The molecule has 1 fully saturated rings. The van der Waals surface area contributed by atoms with E-state index < -0.39 is 9.53 Å². The van der Waals surface area contributed by atoms with Gasteiger partial charge in [-0.15, -0.1) is 0 Å². The van der Waals surface area contributed by atoms with Crippen LogP contribution in [0.3, 0.4) is 0 Å². The molecule has 0 saturated heterocycles. The summed E-state index contributed by atoms with van der Waals surface area (Å²) in [5.41, 5.74) is 0.0150. The fourth-order valence-electron chi connectivity index (χ4n) is 1.84. The Balaban J connectivity index is 2.39. The van der Waals surface area contributed by atoms with Gasteiger partial charge in [-0.25, -0.2) is 0 Å². The van der Waals surface area contributed by atoms with Crippen LogP contribution in [0.25, 0.3) is 0 Å². The van der Waals surface area contributed by atoms with E-state index in [0.29, 0.717) is 0 Å². The Kier molecular flexibility index (Phi) is 4.38. The van der Waals surface area contributed by atoms with E-state index in [0.717, 1.165) is 12.8 Å². The number of hydrogen-bond acceptors (Lipinski definition) is 3. The molecule has 0 aromatic rings. The molecule has 0 N–H and O–H groups in total. The maximum atomic E-state index is 5.87. The molecule has 0 aliphatic heterocycles. The minimum absolute atomic E-state index is 0.0150. The van der Waals surface area contributed by atoms with Crippen LogP contribution in [0, 0.1) is 0 Å². The predicted molar refractivity (Wildman–Crippen MR) is 53.7 cm³/mol. The Morgan fingerprint density at radius 1 is 1.00 bits per heavy atom. The first-order chi connectivity index (χ1) is 6.20. The minimum atomic E-state index is -1.83. The zero-order chi connectivity index (χ0) is 9.73. The van der Waals surface area contributed by atoms with Crippen LogP contribution >= 0.6 is 0 Å². The largest absolute Gasteiger partial charge is 0.484 e. The van der Waals surface area contributed by atoms with Crippen LogP contribution in [-0.2, 0) is 13.3 Å². The number of rotatable bonds is 4. The molecule has 1 saturated carbocycles. The summed E-state index contributed by atoms with van der Waals surface area (Å²) in [6, 6.07) is 0. The molecule has 0 aromatic heterocycles. The normalized spacial score (nSPS) is 22.2. The lowest BCUT2D eigenvalue weighted by molar-refractivity contribution is -0.00821.